The van der Waals surface area contributed by atoms with E-state index in [-0.39, 0.29) is 0 Å². The summed E-state index contributed by atoms with van der Waals surface area (Å²) in [5, 5.41) is 10.4. The van der Waals surface area contributed by atoms with E-state index >= 15 is 0 Å². The molecule has 0 unspecified atom stereocenters. The van der Waals surface area contributed by atoms with Crippen molar-refractivity contribution in [1.82, 2.24) is 15.2 Å². The Morgan fingerprint density at radius 1 is 1.33 bits per heavy atom. The maximum Gasteiger partial charge on any atom is 0.249 e. The highest BCUT2D eigenvalue weighted by Crippen LogP contribution is 2.21. The highest BCUT2D eigenvalue weighted by molar-refractivity contribution is 6.06. The van der Waals surface area contributed by atoms with Crippen LogP contribution in [0.5, 0.6) is 0 Å². The predicted octanol–water partition coefficient (Wildman–Crippen LogP) is 1.25. The molecule has 0 aliphatic rings. The molecule has 2 heterocycles. The molecule has 0 spiro atoms. The van der Waals surface area contributed by atoms with Crippen molar-refractivity contribution in [3.05, 3.63) is 47.7 Å². The van der Waals surface area contributed by atoms with E-state index in [0.29, 0.717) is 29.3 Å². The number of nitrogens with two attached hydrogens (primary N) is 2. The molecule has 21 heavy (non-hydrogen) atoms. The van der Waals surface area contributed by atoms with Crippen molar-refractivity contribution in [2.24, 2.45) is 5.73 Å². The van der Waals surface area contributed by atoms with Crippen LogP contribution >= 0.6 is 0 Å². The zero-order valence-electron chi connectivity index (χ0n) is 11.1. The van der Waals surface area contributed by atoms with Crippen molar-refractivity contribution < 1.29 is 4.79 Å². The average Bonchev–Trinajstić information content (AvgIpc) is 2.89. The highest BCUT2D eigenvalue weighted by atomic mass is 16.1. The number of nitrogens with one attached hydrogen (secondary N) is 2. The van der Waals surface area contributed by atoms with E-state index in [0.717, 1.165) is 10.9 Å². The van der Waals surface area contributed by atoms with Crippen LogP contribution in [-0.4, -0.2) is 21.1 Å². The third-order valence-corrected chi connectivity index (χ3v) is 3.19. The van der Waals surface area contributed by atoms with Crippen LogP contribution in [0.25, 0.3) is 10.9 Å². The summed E-state index contributed by atoms with van der Waals surface area (Å²) in [7, 11) is 0. The van der Waals surface area contributed by atoms with Gasteiger partial charge >= 0.3 is 0 Å². The van der Waals surface area contributed by atoms with Crippen LogP contribution < -0.4 is 16.8 Å². The molecule has 0 aliphatic heterocycles. The number of pyridine rings is 1. The van der Waals surface area contributed by atoms with E-state index in [1.54, 1.807) is 12.3 Å². The number of H-pyrrole nitrogens is 1. The van der Waals surface area contributed by atoms with Gasteiger partial charge in [-0.2, -0.15) is 5.10 Å². The molecular weight excluding hydrogens is 268 g/mol. The number of para-hydroxylation sites is 1. The Labute approximate surface area is 120 Å². The van der Waals surface area contributed by atoms with Crippen LogP contribution in [0.2, 0.25) is 0 Å². The molecule has 1 amide bonds. The molecule has 3 aromatic rings. The van der Waals surface area contributed by atoms with Gasteiger partial charge in [0.2, 0.25) is 5.91 Å². The molecule has 0 bridgehead atoms. The van der Waals surface area contributed by atoms with Crippen molar-refractivity contribution in [2.45, 2.75) is 6.54 Å². The van der Waals surface area contributed by atoms with Gasteiger partial charge in [0.15, 0.2) is 0 Å². The lowest BCUT2D eigenvalue weighted by molar-refractivity contribution is 0.100. The second kappa shape index (κ2) is 5.12. The first-order valence-electron chi connectivity index (χ1n) is 6.36. The van der Waals surface area contributed by atoms with Crippen molar-refractivity contribution in [1.29, 1.82) is 0 Å². The second-order valence-corrected chi connectivity index (χ2v) is 4.60. The Kier molecular flexibility index (Phi) is 3.15. The molecule has 0 aliphatic carbocycles. The maximum absolute atomic E-state index is 11.6. The van der Waals surface area contributed by atoms with Crippen LogP contribution in [0, 0.1) is 0 Å². The molecule has 6 N–H and O–H groups in total. The Morgan fingerprint density at radius 2 is 2.14 bits per heavy atom. The van der Waals surface area contributed by atoms with Gasteiger partial charge in [-0.05, 0) is 12.1 Å². The van der Waals surface area contributed by atoms with E-state index in [2.05, 4.69) is 20.5 Å². The van der Waals surface area contributed by atoms with Crippen LogP contribution in [0.15, 0.2) is 36.5 Å². The summed E-state index contributed by atoms with van der Waals surface area (Å²) < 4.78 is 0. The lowest BCUT2D eigenvalue weighted by atomic mass is 10.1. The molecule has 0 fully saturated rings. The molecule has 106 valence electrons. The van der Waals surface area contributed by atoms with Gasteiger partial charge in [-0.1, -0.05) is 18.2 Å². The first-order valence-corrected chi connectivity index (χ1v) is 6.36. The summed E-state index contributed by atoms with van der Waals surface area (Å²) in [6.45, 7) is 0.450. The van der Waals surface area contributed by atoms with Crippen LogP contribution in [0.3, 0.4) is 0 Å². The summed E-state index contributed by atoms with van der Waals surface area (Å²) in [6.07, 6.45) is 1.64. The number of nitrogens with zero attached hydrogens (tertiary/aromatic N) is 2. The summed E-state index contributed by atoms with van der Waals surface area (Å²) in [6, 6.07) is 8.99. The number of aromatic nitrogens is 3. The van der Waals surface area contributed by atoms with Crippen molar-refractivity contribution in [2.75, 3.05) is 11.1 Å². The predicted molar refractivity (Wildman–Crippen MR) is 80.6 cm³/mol. The molecule has 7 nitrogen and oxygen atoms in total. The van der Waals surface area contributed by atoms with Crippen molar-refractivity contribution in [3.8, 4) is 0 Å². The lowest BCUT2D eigenvalue weighted by Crippen LogP contribution is -2.13. The number of aromatic amines is 1. The third-order valence-electron chi connectivity index (χ3n) is 3.19. The van der Waals surface area contributed by atoms with Gasteiger partial charge in [0.1, 0.15) is 11.6 Å². The molecule has 2 aromatic heterocycles. The Bertz CT molecular complexity index is 810. The first-order chi connectivity index (χ1) is 10.1. The highest BCUT2D eigenvalue weighted by Gasteiger charge is 2.10. The normalized spacial score (nSPS) is 10.7. The number of amides is 1. The van der Waals surface area contributed by atoms with Gasteiger partial charge in [-0.3, -0.25) is 9.89 Å². The minimum atomic E-state index is -0.487. The zero-order valence-corrected chi connectivity index (χ0v) is 11.1. The summed E-state index contributed by atoms with van der Waals surface area (Å²) in [5.41, 5.74) is 13.1. The molecule has 0 atom stereocenters. The number of nitrogen functional groups attached to an aromatic ring is 1. The Morgan fingerprint density at radius 3 is 2.86 bits per heavy atom. The fourth-order valence-electron chi connectivity index (χ4n) is 2.12. The first kappa shape index (κ1) is 12.9. The standard InChI is InChI=1S/C14H14N6O/c15-13-8(7-18-20-13)6-17-12-5-10(14(16)21)9-3-1-2-4-11(9)19-12/h1-5,7H,6H2,(H2,16,21)(H,17,19)(H3,15,18,20). The minimum Gasteiger partial charge on any atom is -0.384 e. The SMILES string of the molecule is NC(=O)c1cc(NCc2cn[nH]c2N)nc2ccccc12. The lowest BCUT2D eigenvalue weighted by Gasteiger charge is -2.09. The number of anilines is 2. The maximum atomic E-state index is 11.6. The average molecular weight is 282 g/mol. The summed E-state index contributed by atoms with van der Waals surface area (Å²) >= 11 is 0. The number of carbonyl (C=O) groups excluding carboxylic acids is 1. The molecule has 3 rings (SSSR count). The third kappa shape index (κ3) is 2.48. The smallest absolute Gasteiger partial charge is 0.249 e. The van der Waals surface area contributed by atoms with Crippen LogP contribution in [0.4, 0.5) is 11.6 Å². The van der Waals surface area contributed by atoms with E-state index < -0.39 is 5.91 Å². The number of hydrogen-bond donors (Lipinski definition) is 4. The summed E-state index contributed by atoms with van der Waals surface area (Å²) in [4.78, 5) is 16.0. The zero-order chi connectivity index (χ0) is 14.8. The number of carbonyl (C=O) groups is 1. The quantitative estimate of drug-likeness (QED) is 0.573. The van der Waals surface area contributed by atoms with Crippen LogP contribution in [-0.2, 0) is 6.54 Å². The number of hydrogen-bond acceptors (Lipinski definition) is 5. The van der Waals surface area contributed by atoms with Gasteiger partial charge in [0.25, 0.3) is 0 Å². The Hall–Kier alpha value is -3.09. The number of benzene rings is 1. The molecular formula is C14H14N6O. The number of fused-ring (bicyclic) bond motifs is 1. The van der Waals surface area contributed by atoms with E-state index in [1.807, 2.05) is 24.3 Å². The molecule has 7 heteroatoms. The monoisotopic (exact) mass is 282 g/mol. The van der Waals surface area contributed by atoms with Gasteiger partial charge < -0.3 is 16.8 Å². The van der Waals surface area contributed by atoms with Gasteiger partial charge in [-0.15, -0.1) is 0 Å². The molecule has 0 radical (unpaired) electrons. The van der Waals surface area contributed by atoms with E-state index in [4.69, 9.17) is 11.5 Å². The fourth-order valence-corrected chi connectivity index (χ4v) is 2.12. The minimum absolute atomic E-state index is 0.434. The summed E-state index contributed by atoms with van der Waals surface area (Å²) in [5.74, 6) is 0.570. The van der Waals surface area contributed by atoms with E-state index in [9.17, 15) is 4.79 Å². The van der Waals surface area contributed by atoms with E-state index in [1.165, 1.54) is 0 Å². The largest absolute Gasteiger partial charge is 0.384 e. The second-order valence-electron chi connectivity index (χ2n) is 4.60. The topological polar surface area (TPSA) is 123 Å². The van der Waals surface area contributed by atoms with Crippen molar-refractivity contribution in [3.63, 3.8) is 0 Å². The fraction of sp³-hybridized carbons (Fsp3) is 0.0714. The van der Waals surface area contributed by atoms with Gasteiger partial charge in [0.05, 0.1) is 17.3 Å². The number of rotatable bonds is 4. The van der Waals surface area contributed by atoms with Gasteiger partial charge in [-0.25, -0.2) is 4.98 Å². The Balaban J connectivity index is 1.95. The van der Waals surface area contributed by atoms with Crippen molar-refractivity contribution >= 4 is 28.4 Å². The van der Waals surface area contributed by atoms with Gasteiger partial charge in [0, 0.05) is 17.5 Å². The molecule has 0 saturated carbocycles. The number of primary amides is 1. The van der Waals surface area contributed by atoms with Crippen LogP contribution in [0.1, 0.15) is 15.9 Å². The molecule has 0 saturated heterocycles. The molecule has 1 aromatic carbocycles.